The number of imidazole rings is 1. The van der Waals surface area contributed by atoms with Crippen molar-refractivity contribution in [1.29, 1.82) is 0 Å². The van der Waals surface area contributed by atoms with Gasteiger partial charge in [-0.3, -0.25) is 0 Å². The van der Waals surface area contributed by atoms with Crippen molar-refractivity contribution in [3.63, 3.8) is 0 Å². The molecule has 6 nitrogen and oxygen atoms in total. The molecule has 0 bridgehead atoms. The number of pyridine rings is 1. The van der Waals surface area contributed by atoms with Gasteiger partial charge < -0.3 is 14.2 Å². The van der Waals surface area contributed by atoms with Gasteiger partial charge in [0.1, 0.15) is 10.4 Å². The first-order valence-corrected chi connectivity index (χ1v) is 9.16. The van der Waals surface area contributed by atoms with Crippen LogP contribution in [0.2, 0.25) is 0 Å². The summed E-state index contributed by atoms with van der Waals surface area (Å²) < 4.78 is 34.0. The lowest BCUT2D eigenvalue weighted by atomic mass is 10.2. The quantitative estimate of drug-likeness (QED) is 0.543. The molecule has 1 aliphatic heterocycles. The van der Waals surface area contributed by atoms with Crippen molar-refractivity contribution < 1.29 is 18.3 Å². The molecule has 1 saturated carbocycles. The fourth-order valence-corrected chi connectivity index (χ4v) is 3.84. The largest absolute Gasteiger partial charge is 0.461 e. The van der Waals surface area contributed by atoms with E-state index in [9.17, 15) is 13.6 Å². The van der Waals surface area contributed by atoms with Gasteiger partial charge in [-0.25, -0.2) is 23.5 Å². The van der Waals surface area contributed by atoms with Crippen molar-refractivity contribution in [2.24, 2.45) is 11.8 Å². The summed E-state index contributed by atoms with van der Waals surface area (Å²) >= 11 is 3.45. The van der Waals surface area contributed by atoms with Crippen molar-refractivity contribution in [1.82, 2.24) is 14.5 Å². The van der Waals surface area contributed by atoms with Crippen LogP contribution in [0.15, 0.2) is 29.3 Å². The second-order valence-corrected chi connectivity index (χ2v) is 7.31. The standard InChI is InChI=1S/C17H17BrF2N4O2/c1-2-26-16(25)13-8-23(9-21-13)5-10-3-4-14(22-15(10)18)24-6-11-12(7-24)17(11,19)20/h3-4,8-9,11-12H,2,5-7H2,1H3. The van der Waals surface area contributed by atoms with Crippen molar-refractivity contribution in [3.05, 3.63) is 40.5 Å². The van der Waals surface area contributed by atoms with Crippen LogP contribution in [0, 0.1) is 11.8 Å². The lowest BCUT2D eigenvalue weighted by Crippen LogP contribution is -2.28. The Bertz CT molecular complexity index is 843. The minimum atomic E-state index is -2.49. The number of carbonyl (C=O) groups is 1. The predicted molar refractivity (Wildman–Crippen MR) is 93.4 cm³/mol. The molecule has 0 aromatic carbocycles. The van der Waals surface area contributed by atoms with Gasteiger partial charge in [-0.1, -0.05) is 6.07 Å². The number of anilines is 1. The van der Waals surface area contributed by atoms with E-state index in [0.29, 0.717) is 36.7 Å². The first kappa shape index (κ1) is 17.4. The first-order valence-electron chi connectivity index (χ1n) is 8.37. The molecule has 138 valence electrons. The Morgan fingerprint density at radius 2 is 2.12 bits per heavy atom. The molecule has 26 heavy (non-hydrogen) atoms. The number of halogens is 3. The average Bonchev–Trinajstić information content (AvgIpc) is 3.05. The molecule has 4 rings (SSSR count). The van der Waals surface area contributed by atoms with Crippen LogP contribution in [0.5, 0.6) is 0 Å². The highest BCUT2D eigenvalue weighted by molar-refractivity contribution is 9.10. The number of carbonyl (C=O) groups excluding carboxylic acids is 1. The zero-order valence-electron chi connectivity index (χ0n) is 14.0. The summed E-state index contributed by atoms with van der Waals surface area (Å²) in [6.07, 6.45) is 3.18. The molecular formula is C17H17BrF2N4O2. The van der Waals surface area contributed by atoms with Crippen LogP contribution >= 0.6 is 15.9 Å². The van der Waals surface area contributed by atoms with Gasteiger partial charge in [-0.15, -0.1) is 0 Å². The zero-order chi connectivity index (χ0) is 18.5. The Morgan fingerprint density at radius 1 is 1.38 bits per heavy atom. The maximum Gasteiger partial charge on any atom is 0.358 e. The molecule has 2 atom stereocenters. The maximum absolute atomic E-state index is 13.3. The molecule has 2 aliphatic rings. The van der Waals surface area contributed by atoms with E-state index in [1.807, 2.05) is 17.0 Å². The van der Waals surface area contributed by atoms with Crippen LogP contribution in [0.4, 0.5) is 14.6 Å². The Hall–Kier alpha value is -2.03. The highest BCUT2D eigenvalue weighted by Crippen LogP contribution is 2.59. The summed E-state index contributed by atoms with van der Waals surface area (Å²) in [7, 11) is 0. The molecule has 2 aromatic rings. The second-order valence-electron chi connectivity index (χ2n) is 6.56. The van der Waals surface area contributed by atoms with E-state index in [4.69, 9.17) is 4.74 Å². The van der Waals surface area contributed by atoms with Crippen molar-refractivity contribution in [3.8, 4) is 0 Å². The van der Waals surface area contributed by atoms with Gasteiger partial charge in [0.15, 0.2) is 5.69 Å². The lowest BCUT2D eigenvalue weighted by molar-refractivity contribution is 0.0520. The van der Waals surface area contributed by atoms with E-state index in [-0.39, 0.29) is 5.69 Å². The predicted octanol–water partition coefficient (Wildman–Crippen LogP) is 2.97. The van der Waals surface area contributed by atoms with E-state index < -0.39 is 23.7 Å². The van der Waals surface area contributed by atoms with Crippen LogP contribution in [-0.4, -0.2) is 46.1 Å². The number of esters is 1. The van der Waals surface area contributed by atoms with Crippen LogP contribution < -0.4 is 4.90 Å². The van der Waals surface area contributed by atoms with Gasteiger partial charge >= 0.3 is 5.97 Å². The van der Waals surface area contributed by atoms with Gasteiger partial charge in [0.25, 0.3) is 5.92 Å². The van der Waals surface area contributed by atoms with Gasteiger partial charge in [0.05, 0.1) is 31.3 Å². The zero-order valence-corrected chi connectivity index (χ0v) is 15.6. The van der Waals surface area contributed by atoms with E-state index >= 15 is 0 Å². The summed E-state index contributed by atoms with van der Waals surface area (Å²) in [4.78, 5) is 22.1. The third-order valence-corrected chi connectivity index (χ3v) is 5.59. The number of hydrogen-bond donors (Lipinski definition) is 0. The molecule has 0 amide bonds. The molecule has 0 radical (unpaired) electrons. The third kappa shape index (κ3) is 2.98. The number of alkyl halides is 2. The number of ether oxygens (including phenoxy) is 1. The van der Waals surface area contributed by atoms with E-state index in [1.165, 1.54) is 0 Å². The Morgan fingerprint density at radius 3 is 2.77 bits per heavy atom. The highest BCUT2D eigenvalue weighted by atomic mass is 79.9. The average molecular weight is 427 g/mol. The molecule has 0 spiro atoms. The Kier molecular flexibility index (Phi) is 4.21. The summed E-state index contributed by atoms with van der Waals surface area (Å²) in [5.74, 6) is -3.32. The van der Waals surface area contributed by atoms with E-state index in [1.54, 1.807) is 24.0 Å². The van der Waals surface area contributed by atoms with Gasteiger partial charge in [-0.05, 0) is 28.9 Å². The smallest absolute Gasteiger partial charge is 0.358 e. The van der Waals surface area contributed by atoms with Gasteiger partial charge in [0.2, 0.25) is 0 Å². The number of rotatable bonds is 5. The monoisotopic (exact) mass is 426 g/mol. The molecule has 1 aliphatic carbocycles. The van der Waals surface area contributed by atoms with Crippen molar-refractivity contribution >= 4 is 27.7 Å². The van der Waals surface area contributed by atoms with Crippen LogP contribution in [0.3, 0.4) is 0 Å². The highest BCUT2D eigenvalue weighted by Gasteiger charge is 2.71. The number of aromatic nitrogens is 3. The molecule has 9 heteroatoms. The molecule has 0 N–H and O–H groups in total. The lowest BCUT2D eigenvalue weighted by Gasteiger charge is -2.21. The third-order valence-electron chi connectivity index (χ3n) is 4.91. The number of piperidine rings is 1. The fraction of sp³-hybridized carbons (Fsp3) is 0.471. The Labute approximate surface area is 157 Å². The first-order chi connectivity index (χ1) is 12.4. The summed E-state index contributed by atoms with van der Waals surface area (Å²) in [6.45, 7) is 3.21. The molecule has 2 unspecified atom stereocenters. The summed E-state index contributed by atoms with van der Waals surface area (Å²) in [5, 5.41) is 0. The number of nitrogens with zero attached hydrogens (tertiary/aromatic N) is 4. The normalized spacial score (nSPS) is 23.0. The summed E-state index contributed by atoms with van der Waals surface area (Å²) in [5.41, 5.74) is 1.15. The van der Waals surface area contributed by atoms with Crippen molar-refractivity contribution in [2.75, 3.05) is 24.6 Å². The van der Waals surface area contributed by atoms with Crippen LogP contribution in [-0.2, 0) is 11.3 Å². The number of fused-ring (bicyclic) bond motifs is 1. The van der Waals surface area contributed by atoms with Crippen LogP contribution in [0.1, 0.15) is 23.0 Å². The SMILES string of the molecule is CCOC(=O)c1cn(Cc2ccc(N3CC4C(C3)C4(F)F)nc2Br)cn1. The topological polar surface area (TPSA) is 60.2 Å². The minimum absolute atomic E-state index is 0.254. The minimum Gasteiger partial charge on any atom is -0.461 e. The van der Waals surface area contributed by atoms with Gasteiger partial charge in [0, 0.05) is 24.8 Å². The fourth-order valence-electron chi connectivity index (χ4n) is 3.40. The molecule has 3 heterocycles. The molecular weight excluding hydrogens is 410 g/mol. The number of hydrogen-bond acceptors (Lipinski definition) is 5. The molecule has 2 aromatic heterocycles. The van der Waals surface area contributed by atoms with E-state index in [0.717, 1.165) is 5.56 Å². The van der Waals surface area contributed by atoms with Crippen molar-refractivity contribution in [2.45, 2.75) is 19.4 Å². The second kappa shape index (κ2) is 6.29. The molecule has 1 saturated heterocycles. The van der Waals surface area contributed by atoms with Gasteiger partial charge in [-0.2, -0.15) is 0 Å². The summed E-state index contributed by atoms with van der Waals surface area (Å²) in [6, 6.07) is 3.74. The van der Waals surface area contributed by atoms with Crippen LogP contribution in [0.25, 0.3) is 0 Å². The maximum atomic E-state index is 13.3. The Balaban J connectivity index is 1.43. The van der Waals surface area contributed by atoms with E-state index in [2.05, 4.69) is 25.9 Å². The molecule has 2 fully saturated rings.